The number of allylic oxidation sites excluding steroid dienone is 2. The predicted octanol–water partition coefficient (Wildman–Crippen LogP) is 1.47. The summed E-state index contributed by atoms with van der Waals surface area (Å²) in [6.45, 7) is -0.202. The Morgan fingerprint density at radius 3 is 2.20 bits per heavy atom. The van der Waals surface area contributed by atoms with Crippen LogP contribution < -0.4 is 9.64 Å². The molecule has 1 saturated heterocycles. The Hall–Kier alpha value is -2.63. The molecule has 0 N–H and O–H groups in total. The molecule has 0 aromatic heterocycles. The normalized spacial score (nSPS) is 29.3. The average molecular weight is 340 g/mol. The number of fused-ring (bicyclic) bond motifs is 5. The van der Waals surface area contributed by atoms with Crippen LogP contribution in [0.1, 0.15) is 6.42 Å². The Labute approximate surface area is 146 Å². The maximum absolute atomic E-state index is 12.6. The van der Waals surface area contributed by atoms with Crippen molar-refractivity contribution < 1.29 is 19.1 Å². The molecule has 130 valence electrons. The van der Waals surface area contributed by atoms with Crippen molar-refractivity contribution in [3.8, 4) is 5.75 Å². The summed E-state index contributed by atoms with van der Waals surface area (Å²) in [6.07, 6.45) is 4.98. The number of hydrogen-bond acceptors (Lipinski definition) is 4. The van der Waals surface area contributed by atoms with Gasteiger partial charge in [-0.2, -0.15) is 0 Å². The van der Waals surface area contributed by atoms with Crippen LogP contribution in [0.25, 0.3) is 0 Å². The molecule has 1 aromatic carbocycles. The van der Waals surface area contributed by atoms with Crippen molar-refractivity contribution in [1.29, 1.82) is 0 Å². The first-order valence-electron chi connectivity index (χ1n) is 8.45. The molecule has 6 nitrogen and oxygen atoms in total. The third-order valence-electron chi connectivity index (χ3n) is 5.69. The van der Waals surface area contributed by atoms with Gasteiger partial charge < -0.3 is 9.64 Å². The van der Waals surface area contributed by atoms with E-state index in [4.69, 9.17) is 4.74 Å². The first-order chi connectivity index (χ1) is 12.0. The van der Waals surface area contributed by atoms with Crippen LogP contribution in [0.15, 0.2) is 36.4 Å². The van der Waals surface area contributed by atoms with E-state index < -0.39 is 0 Å². The number of ether oxygens (including phenoxy) is 1. The standard InChI is InChI=1S/C19H20N2O4/c1-20(13-5-7-14(25-2)8-6-13)15(22)10-21-18(23)16-11-3-4-12(9-11)17(16)19(21)24/h3-8,11-12,16-17H,9-10H2,1-2H3/t11-,12-,16-,17-/m0/s1. The molecule has 6 heteroatoms. The van der Waals surface area contributed by atoms with Crippen molar-refractivity contribution in [3.05, 3.63) is 36.4 Å². The second-order valence-electron chi connectivity index (χ2n) is 6.91. The van der Waals surface area contributed by atoms with Gasteiger partial charge in [-0.3, -0.25) is 19.3 Å². The van der Waals surface area contributed by atoms with Gasteiger partial charge in [0.2, 0.25) is 17.7 Å². The number of likely N-dealkylation sites (N-methyl/N-ethyl adjacent to an activating group) is 1. The van der Waals surface area contributed by atoms with Gasteiger partial charge in [0.05, 0.1) is 18.9 Å². The van der Waals surface area contributed by atoms with Crippen molar-refractivity contribution >= 4 is 23.4 Å². The second kappa shape index (κ2) is 5.72. The zero-order chi connectivity index (χ0) is 17.7. The van der Waals surface area contributed by atoms with E-state index in [1.807, 2.05) is 12.2 Å². The molecule has 3 aliphatic rings. The van der Waals surface area contributed by atoms with E-state index in [9.17, 15) is 14.4 Å². The third-order valence-corrected chi connectivity index (χ3v) is 5.69. The van der Waals surface area contributed by atoms with Gasteiger partial charge >= 0.3 is 0 Å². The molecule has 3 amide bonds. The van der Waals surface area contributed by atoms with Crippen molar-refractivity contribution in [2.24, 2.45) is 23.7 Å². The highest BCUT2D eigenvalue weighted by atomic mass is 16.5. The number of methoxy groups -OCH3 is 1. The number of imide groups is 1. The first kappa shape index (κ1) is 15.9. The Kier molecular flexibility index (Phi) is 3.63. The average Bonchev–Trinajstić information content (AvgIpc) is 3.31. The highest BCUT2D eigenvalue weighted by Crippen LogP contribution is 2.52. The lowest BCUT2D eigenvalue weighted by Crippen LogP contribution is -2.42. The summed E-state index contributed by atoms with van der Waals surface area (Å²) in [4.78, 5) is 40.5. The van der Waals surface area contributed by atoms with Crippen LogP contribution in [-0.4, -0.2) is 43.3 Å². The molecule has 1 aliphatic heterocycles. The molecule has 0 radical (unpaired) electrons. The summed E-state index contributed by atoms with van der Waals surface area (Å²) in [7, 11) is 3.22. The highest BCUT2D eigenvalue weighted by molar-refractivity contribution is 6.09. The van der Waals surface area contributed by atoms with Crippen molar-refractivity contribution in [2.45, 2.75) is 6.42 Å². The molecular formula is C19H20N2O4. The second-order valence-corrected chi connectivity index (χ2v) is 6.91. The molecule has 4 rings (SSSR count). The van der Waals surface area contributed by atoms with E-state index >= 15 is 0 Å². The topological polar surface area (TPSA) is 66.9 Å². The fourth-order valence-corrected chi connectivity index (χ4v) is 4.31. The van der Waals surface area contributed by atoms with Crippen LogP contribution in [0.2, 0.25) is 0 Å². The number of likely N-dealkylation sites (tertiary alicyclic amines) is 1. The highest BCUT2D eigenvalue weighted by Gasteiger charge is 2.59. The van der Waals surface area contributed by atoms with Crippen LogP contribution in [0.3, 0.4) is 0 Å². The number of nitrogens with zero attached hydrogens (tertiary/aromatic N) is 2. The summed E-state index contributed by atoms with van der Waals surface area (Å²) >= 11 is 0. The van der Waals surface area contributed by atoms with Gasteiger partial charge in [0.1, 0.15) is 12.3 Å². The van der Waals surface area contributed by atoms with Crippen molar-refractivity contribution in [3.63, 3.8) is 0 Å². The predicted molar refractivity (Wildman–Crippen MR) is 90.8 cm³/mol. The summed E-state index contributed by atoms with van der Waals surface area (Å²) in [6, 6.07) is 7.06. The molecule has 1 aromatic rings. The fourth-order valence-electron chi connectivity index (χ4n) is 4.31. The maximum atomic E-state index is 12.6. The van der Waals surface area contributed by atoms with E-state index in [1.165, 1.54) is 4.90 Å². The summed E-state index contributed by atoms with van der Waals surface area (Å²) in [5.41, 5.74) is 0.687. The molecule has 1 heterocycles. The quantitative estimate of drug-likeness (QED) is 0.615. The van der Waals surface area contributed by atoms with Crippen LogP contribution in [0.5, 0.6) is 5.75 Å². The smallest absolute Gasteiger partial charge is 0.246 e. The van der Waals surface area contributed by atoms with Gasteiger partial charge in [-0.15, -0.1) is 0 Å². The summed E-state index contributed by atoms with van der Waals surface area (Å²) in [5.74, 6) is -0.177. The minimum Gasteiger partial charge on any atom is -0.497 e. The molecule has 0 spiro atoms. The minimum atomic E-state index is -0.285. The van der Waals surface area contributed by atoms with Gasteiger partial charge in [-0.05, 0) is 42.5 Å². The molecule has 25 heavy (non-hydrogen) atoms. The van der Waals surface area contributed by atoms with Crippen molar-refractivity contribution in [1.82, 2.24) is 4.90 Å². The van der Waals surface area contributed by atoms with E-state index in [1.54, 1.807) is 38.4 Å². The number of anilines is 1. The summed E-state index contributed by atoms with van der Waals surface area (Å²) < 4.78 is 5.11. The van der Waals surface area contributed by atoms with Crippen LogP contribution in [0.4, 0.5) is 5.69 Å². The SMILES string of the molecule is COc1ccc(N(C)C(=O)CN2C(=O)[C@@H]3[C@@H](C2=O)[C@H]2C=C[C@H]3C2)cc1. The van der Waals surface area contributed by atoms with Gasteiger partial charge in [0, 0.05) is 12.7 Å². The number of hydrogen-bond donors (Lipinski definition) is 0. The number of amides is 3. The van der Waals surface area contributed by atoms with Gasteiger partial charge in [-0.1, -0.05) is 12.2 Å². The largest absolute Gasteiger partial charge is 0.497 e. The summed E-state index contributed by atoms with van der Waals surface area (Å²) in [5, 5.41) is 0. The monoisotopic (exact) mass is 340 g/mol. The maximum Gasteiger partial charge on any atom is 0.246 e. The molecule has 2 bridgehead atoms. The Morgan fingerprint density at radius 2 is 1.68 bits per heavy atom. The lowest BCUT2D eigenvalue weighted by atomic mass is 9.85. The number of carbonyl (C=O) groups excluding carboxylic acids is 3. The zero-order valence-corrected chi connectivity index (χ0v) is 14.2. The number of carbonyl (C=O) groups is 3. The van der Waals surface area contributed by atoms with E-state index in [0.29, 0.717) is 11.4 Å². The van der Waals surface area contributed by atoms with E-state index in [2.05, 4.69) is 0 Å². The minimum absolute atomic E-state index is 0.158. The molecular weight excluding hydrogens is 320 g/mol. The molecule has 2 aliphatic carbocycles. The zero-order valence-electron chi connectivity index (χ0n) is 14.2. The Morgan fingerprint density at radius 1 is 1.12 bits per heavy atom. The third kappa shape index (κ3) is 2.35. The van der Waals surface area contributed by atoms with Crippen LogP contribution in [0, 0.1) is 23.7 Å². The number of rotatable bonds is 4. The Balaban J connectivity index is 1.47. The van der Waals surface area contributed by atoms with Crippen LogP contribution >= 0.6 is 0 Å². The van der Waals surface area contributed by atoms with Gasteiger partial charge in [0.15, 0.2) is 0 Å². The lowest BCUT2D eigenvalue weighted by molar-refractivity contribution is -0.143. The lowest BCUT2D eigenvalue weighted by Gasteiger charge is -2.22. The van der Waals surface area contributed by atoms with Crippen molar-refractivity contribution in [2.75, 3.05) is 25.6 Å². The Bertz CT molecular complexity index is 740. The van der Waals surface area contributed by atoms with Gasteiger partial charge in [-0.25, -0.2) is 0 Å². The number of benzene rings is 1. The fraction of sp³-hybridized carbons (Fsp3) is 0.421. The molecule has 4 atom stereocenters. The first-order valence-corrected chi connectivity index (χ1v) is 8.45. The molecule has 0 unspecified atom stereocenters. The van der Waals surface area contributed by atoms with Crippen LogP contribution in [-0.2, 0) is 14.4 Å². The van der Waals surface area contributed by atoms with E-state index in [-0.39, 0.29) is 47.9 Å². The van der Waals surface area contributed by atoms with Gasteiger partial charge in [0.25, 0.3) is 0 Å². The van der Waals surface area contributed by atoms with E-state index in [0.717, 1.165) is 11.3 Å². The molecule has 1 saturated carbocycles. The molecule has 2 fully saturated rings.